The van der Waals surface area contributed by atoms with Crippen molar-refractivity contribution in [3.05, 3.63) is 167 Å². The predicted molar refractivity (Wildman–Crippen MR) is 170 cm³/mol. The lowest BCUT2D eigenvalue weighted by molar-refractivity contribution is 0.592. The number of benzene rings is 5. The molecule has 0 radical (unpaired) electrons. The Kier molecular flexibility index (Phi) is 5.30. The summed E-state index contributed by atoms with van der Waals surface area (Å²) in [6, 6.07) is 37.5. The Labute approximate surface area is 234 Å². The molecule has 0 N–H and O–H groups in total. The SMILES string of the molecule is O=P(c1ccccc1)(c1ccc(-c2ccc3c4c2CC=C2C=CC=C(C=C3)C24)cc1)c1ccc2ccccc2c1. The highest BCUT2D eigenvalue weighted by Gasteiger charge is 2.32. The van der Waals surface area contributed by atoms with Crippen LogP contribution in [0.25, 0.3) is 28.0 Å². The summed E-state index contributed by atoms with van der Waals surface area (Å²) in [6.45, 7) is 0. The molecule has 2 atom stereocenters. The molecule has 3 aliphatic carbocycles. The van der Waals surface area contributed by atoms with E-state index in [1.165, 1.54) is 39.0 Å². The molecule has 0 aliphatic heterocycles. The topological polar surface area (TPSA) is 17.1 Å². The van der Waals surface area contributed by atoms with Crippen LogP contribution in [0.5, 0.6) is 0 Å². The van der Waals surface area contributed by atoms with E-state index in [0.717, 1.165) is 33.1 Å². The Hall–Kier alpha value is -4.45. The van der Waals surface area contributed by atoms with Gasteiger partial charge in [0.25, 0.3) is 0 Å². The molecule has 0 spiro atoms. The lowest BCUT2D eigenvalue weighted by Gasteiger charge is -2.34. The minimum atomic E-state index is -3.08. The molecular weight excluding hydrogens is 503 g/mol. The second kappa shape index (κ2) is 9.05. The largest absolute Gasteiger partial charge is 0.309 e. The van der Waals surface area contributed by atoms with E-state index in [2.05, 4.69) is 97.1 Å². The fourth-order valence-electron chi connectivity index (χ4n) is 6.70. The van der Waals surface area contributed by atoms with Crippen LogP contribution in [-0.4, -0.2) is 0 Å². The van der Waals surface area contributed by atoms with Crippen LogP contribution >= 0.6 is 7.14 Å². The van der Waals surface area contributed by atoms with Gasteiger partial charge in [0.05, 0.1) is 0 Å². The van der Waals surface area contributed by atoms with E-state index in [9.17, 15) is 0 Å². The molecule has 0 bridgehead atoms. The summed E-state index contributed by atoms with van der Waals surface area (Å²) in [5.74, 6) is 0.333. The maximum Gasteiger partial charge on any atom is 0.171 e. The molecule has 0 amide bonds. The molecule has 0 aromatic heterocycles. The third kappa shape index (κ3) is 3.52. The fourth-order valence-corrected chi connectivity index (χ4v) is 9.36. The van der Waals surface area contributed by atoms with E-state index >= 15 is 4.57 Å². The van der Waals surface area contributed by atoms with Crippen LogP contribution in [-0.2, 0) is 11.0 Å². The third-order valence-electron chi connectivity index (χ3n) is 8.68. The van der Waals surface area contributed by atoms with Crippen molar-refractivity contribution in [2.45, 2.75) is 12.3 Å². The van der Waals surface area contributed by atoms with Crippen molar-refractivity contribution in [3.63, 3.8) is 0 Å². The van der Waals surface area contributed by atoms with E-state index in [0.29, 0.717) is 5.92 Å². The highest BCUT2D eigenvalue weighted by molar-refractivity contribution is 7.85. The standard InChI is InChI=1S/C38H27OP/c39-40(32-11-2-1-3-12-32,34-22-15-26-7-4-5-8-31(26)25-34)33-20-16-27(17-21-33)35-23-18-30-14-13-28-9-6-10-29-19-24-36(35)38(30)37(28)29/h1-23,25,37H,24H2. The van der Waals surface area contributed by atoms with Crippen LogP contribution in [0.1, 0.15) is 22.6 Å². The summed E-state index contributed by atoms with van der Waals surface area (Å²) in [7, 11) is -3.08. The Morgan fingerprint density at radius 3 is 2.23 bits per heavy atom. The van der Waals surface area contributed by atoms with Gasteiger partial charge in [-0.1, -0.05) is 140 Å². The summed E-state index contributed by atoms with van der Waals surface area (Å²) in [4.78, 5) is 0. The zero-order valence-corrected chi connectivity index (χ0v) is 22.9. The van der Waals surface area contributed by atoms with Crippen LogP contribution in [0, 0.1) is 0 Å². The summed E-state index contributed by atoms with van der Waals surface area (Å²) < 4.78 is 15.2. The normalized spacial score (nSPS) is 18.1. The Morgan fingerprint density at radius 1 is 0.625 bits per heavy atom. The first-order valence-electron chi connectivity index (χ1n) is 13.9. The number of hydrogen-bond donors (Lipinski definition) is 0. The van der Waals surface area contributed by atoms with Gasteiger partial charge in [0.15, 0.2) is 7.14 Å². The molecule has 0 fully saturated rings. The highest BCUT2D eigenvalue weighted by atomic mass is 31.2. The zero-order chi connectivity index (χ0) is 26.7. The molecule has 190 valence electrons. The van der Waals surface area contributed by atoms with Crippen molar-refractivity contribution < 1.29 is 4.57 Å². The van der Waals surface area contributed by atoms with Gasteiger partial charge < -0.3 is 4.57 Å². The molecule has 5 aromatic rings. The average molecular weight is 531 g/mol. The van der Waals surface area contributed by atoms with Crippen molar-refractivity contribution >= 4 is 39.9 Å². The number of hydrogen-bond acceptors (Lipinski definition) is 1. The molecule has 0 saturated heterocycles. The molecular formula is C38H27OP. The third-order valence-corrected chi connectivity index (χ3v) is 11.7. The van der Waals surface area contributed by atoms with Gasteiger partial charge in [0.2, 0.25) is 0 Å². The van der Waals surface area contributed by atoms with Crippen molar-refractivity contribution in [3.8, 4) is 11.1 Å². The molecule has 0 saturated carbocycles. The maximum atomic E-state index is 15.2. The first kappa shape index (κ1) is 23.4. The summed E-state index contributed by atoms with van der Waals surface area (Å²) in [5, 5.41) is 4.84. The van der Waals surface area contributed by atoms with Gasteiger partial charge in [0, 0.05) is 21.8 Å². The highest BCUT2D eigenvalue weighted by Crippen LogP contribution is 2.48. The molecule has 8 rings (SSSR count). The number of fused-ring (bicyclic) bond motifs is 1. The number of allylic oxidation sites excluding steroid dienone is 7. The van der Waals surface area contributed by atoms with Crippen LogP contribution < -0.4 is 15.9 Å². The van der Waals surface area contributed by atoms with Crippen LogP contribution in [0.3, 0.4) is 0 Å². The number of rotatable bonds is 4. The fraction of sp³-hybridized carbons (Fsp3) is 0.0526. The lowest BCUT2D eigenvalue weighted by Crippen LogP contribution is -2.25. The average Bonchev–Trinajstić information content (AvgIpc) is 3.03. The van der Waals surface area contributed by atoms with Gasteiger partial charge in [-0.3, -0.25) is 0 Å². The quantitative estimate of drug-likeness (QED) is 0.214. The molecule has 2 unspecified atom stereocenters. The lowest BCUT2D eigenvalue weighted by atomic mass is 9.70. The molecule has 3 aliphatic rings. The predicted octanol–water partition coefficient (Wildman–Crippen LogP) is 8.24. The van der Waals surface area contributed by atoms with Crippen molar-refractivity contribution in [2.24, 2.45) is 0 Å². The van der Waals surface area contributed by atoms with Gasteiger partial charge in [-0.15, -0.1) is 0 Å². The molecule has 5 aromatic carbocycles. The van der Waals surface area contributed by atoms with Gasteiger partial charge in [-0.2, -0.15) is 0 Å². The second-order valence-electron chi connectivity index (χ2n) is 10.8. The summed E-state index contributed by atoms with van der Waals surface area (Å²) in [5.41, 5.74) is 9.39. The smallest absolute Gasteiger partial charge is 0.171 e. The summed E-state index contributed by atoms with van der Waals surface area (Å²) >= 11 is 0. The van der Waals surface area contributed by atoms with Crippen molar-refractivity contribution in [2.75, 3.05) is 0 Å². The zero-order valence-electron chi connectivity index (χ0n) is 22.0. The van der Waals surface area contributed by atoms with Crippen molar-refractivity contribution in [1.82, 2.24) is 0 Å². The van der Waals surface area contributed by atoms with Gasteiger partial charge in [0.1, 0.15) is 0 Å². The first-order valence-corrected chi connectivity index (χ1v) is 15.6. The van der Waals surface area contributed by atoms with Gasteiger partial charge in [-0.05, 0) is 62.2 Å². The van der Waals surface area contributed by atoms with E-state index < -0.39 is 7.14 Å². The van der Waals surface area contributed by atoms with Crippen LogP contribution in [0.2, 0.25) is 0 Å². The van der Waals surface area contributed by atoms with Gasteiger partial charge >= 0.3 is 0 Å². The van der Waals surface area contributed by atoms with E-state index in [-0.39, 0.29) is 0 Å². The second-order valence-corrected chi connectivity index (χ2v) is 13.6. The minimum absolute atomic E-state index is 0.333. The molecule has 40 heavy (non-hydrogen) atoms. The molecule has 0 heterocycles. The maximum absolute atomic E-state index is 15.2. The van der Waals surface area contributed by atoms with Crippen LogP contribution in [0.15, 0.2) is 151 Å². The summed E-state index contributed by atoms with van der Waals surface area (Å²) in [6.07, 6.45) is 14.5. The monoisotopic (exact) mass is 530 g/mol. The van der Waals surface area contributed by atoms with Crippen molar-refractivity contribution in [1.29, 1.82) is 0 Å². The molecule has 2 heteroatoms. The van der Waals surface area contributed by atoms with E-state index in [1.807, 2.05) is 48.5 Å². The van der Waals surface area contributed by atoms with Gasteiger partial charge in [-0.25, -0.2) is 0 Å². The minimum Gasteiger partial charge on any atom is -0.309 e. The van der Waals surface area contributed by atoms with E-state index in [4.69, 9.17) is 0 Å². The molecule has 1 nitrogen and oxygen atoms in total. The van der Waals surface area contributed by atoms with Crippen LogP contribution in [0.4, 0.5) is 0 Å². The van der Waals surface area contributed by atoms with E-state index in [1.54, 1.807) is 0 Å². The Bertz CT molecular complexity index is 1990. The Morgan fingerprint density at radius 2 is 1.38 bits per heavy atom. The first-order chi connectivity index (χ1) is 19.7. The Balaban J connectivity index is 1.25.